The van der Waals surface area contributed by atoms with Crippen LogP contribution in [0.1, 0.15) is 5.56 Å². The molecule has 0 aliphatic heterocycles. The summed E-state index contributed by atoms with van der Waals surface area (Å²) in [7, 11) is 1.63. The van der Waals surface area contributed by atoms with Gasteiger partial charge in [0.15, 0.2) is 5.82 Å². The van der Waals surface area contributed by atoms with Gasteiger partial charge in [0.25, 0.3) is 0 Å². The number of H-pyrrole nitrogens is 1. The van der Waals surface area contributed by atoms with Gasteiger partial charge in [-0.1, -0.05) is 53.5 Å². The van der Waals surface area contributed by atoms with Gasteiger partial charge in [0, 0.05) is 16.1 Å². The zero-order valence-corrected chi connectivity index (χ0v) is 17.0. The molecule has 0 spiro atoms. The van der Waals surface area contributed by atoms with Crippen LogP contribution in [0.2, 0.25) is 10.0 Å². The highest BCUT2D eigenvalue weighted by Crippen LogP contribution is 2.30. The molecule has 0 radical (unpaired) electrons. The molecule has 0 fully saturated rings. The van der Waals surface area contributed by atoms with E-state index in [1.54, 1.807) is 31.5 Å². The van der Waals surface area contributed by atoms with E-state index in [0.717, 1.165) is 16.3 Å². The Kier molecular flexibility index (Phi) is 5.17. The van der Waals surface area contributed by atoms with Crippen LogP contribution in [0.15, 0.2) is 59.7 Å². The fourth-order valence-electron chi connectivity index (χ4n) is 2.95. The van der Waals surface area contributed by atoms with Gasteiger partial charge in [0.05, 0.1) is 18.3 Å². The Bertz CT molecular complexity index is 1260. The number of nitrogens with one attached hydrogen (secondary N) is 1. The van der Waals surface area contributed by atoms with Crippen LogP contribution in [0.25, 0.3) is 22.2 Å². The van der Waals surface area contributed by atoms with Gasteiger partial charge in [0.2, 0.25) is 4.77 Å². The average Bonchev–Trinajstić information content (AvgIpc) is 3.06. The number of aromatic amines is 1. The summed E-state index contributed by atoms with van der Waals surface area (Å²) in [6.45, 7) is 0. The van der Waals surface area contributed by atoms with Gasteiger partial charge in [0.1, 0.15) is 5.75 Å². The second-order valence-electron chi connectivity index (χ2n) is 5.94. The van der Waals surface area contributed by atoms with Crippen LogP contribution in [0.4, 0.5) is 0 Å². The number of benzene rings is 3. The van der Waals surface area contributed by atoms with Crippen molar-refractivity contribution in [3.8, 4) is 17.1 Å². The first-order valence-electron chi connectivity index (χ1n) is 8.31. The largest absolute Gasteiger partial charge is 0.496 e. The van der Waals surface area contributed by atoms with E-state index < -0.39 is 0 Å². The van der Waals surface area contributed by atoms with Crippen molar-refractivity contribution in [2.75, 3.05) is 7.11 Å². The van der Waals surface area contributed by atoms with Gasteiger partial charge in [-0.05, 0) is 47.3 Å². The smallest absolute Gasteiger partial charge is 0.216 e. The van der Waals surface area contributed by atoms with Gasteiger partial charge in [-0.2, -0.15) is 14.9 Å². The van der Waals surface area contributed by atoms with Crippen LogP contribution < -0.4 is 4.74 Å². The van der Waals surface area contributed by atoms with Crippen LogP contribution in [-0.2, 0) is 0 Å². The first kappa shape index (κ1) is 18.7. The molecule has 1 aromatic heterocycles. The van der Waals surface area contributed by atoms with Crippen LogP contribution in [0, 0.1) is 4.77 Å². The number of ether oxygens (including phenoxy) is 1. The van der Waals surface area contributed by atoms with Gasteiger partial charge in [-0.15, -0.1) is 0 Å². The molecule has 28 heavy (non-hydrogen) atoms. The average molecular weight is 429 g/mol. The van der Waals surface area contributed by atoms with Crippen molar-refractivity contribution in [1.29, 1.82) is 0 Å². The predicted molar refractivity (Wildman–Crippen MR) is 116 cm³/mol. The Morgan fingerprint density at radius 3 is 2.75 bits per heavy atom. The summed E-state index contributed by atoms with van der Waals surface area (Å²) in [6, 6.07) is 17.1. The number of halogens is 2. The molecule has 0 amide bonds. The van der Waals surface area contributed by atoms with E-state index in [-0.39, 0.29) is 0 Å². The van der Waals surface area contributed by atoms with E-state index in [1.165, 1.54) is 4.68 Å². The molecule has 140 valence electrons. The summed E-state index contributed by atoms with van der Waals surface area (Å²) in [5.41, 5.74) is 1.51. The minimum atomic E-state index is 0.344. The van der Waals surface area contributed by atoms with Gasteiger partial charge >= 0.3 is 0 Å². The summed E-state index contributed by atoms with van der Waals surface area (Å²) in [5.74, 6) is 1.20. The van der Waals surface area contributed by atoms with Crippen molar-refractivity contribution in [1.82, 2.24) is 14.9 Å². The van der Waals surface area contributed by atoms with E-state index in [9.17, 15) is 0 Å². The number of methoxy groups -OCH3 is 1. The number of aromatic nitrogens is 3. The van der Waals surface area contributed by atoms with E-state index in [1.807, 2.05) is 36.4 Å². The maximum Gasteiger partial charge on any atom is 0.216 e. The molecule has 0 saturated carbocycles. The van der Waals surface area contributed by atoms with Gasteiger partial charge in [-0.3, -0.25) is 0 Å². The molecule has 0 aliphatic carbocycles. The third-order valence-corrected chi connectivity index (χ3v) is 5.09. The molecule has 3 aromatic carbocycles. The third kappa shape index (κ3) is 3.42. The molecular formula is C20H14Cl2N4OS. The second kappa shape index (κ2) is 7.75. The Morgan fingerprint density at radius 1 is 1.14 bits per heavy atom. The molecule has 0 bridgehead atoms. The Balaban J connectivity index is 1.85. The highest BCUT2D eigenvalue weighted by molar-refractivity contribution is 7.71. The predicted octanol–water partition coefficient (Wildman–Crippen LogP) is 5.96. The Hall–Kier alpha value is -2.67. The molecule has 0 aliphatic rings. The van der Waals surface area contributed by atoms with Crippen LogP contribution >= 0.6 is 35.4 Å². The SMILES string of the molecule is COc1ccc2ccccc2c1/C=N/n1c(-c2ccc(Cl)cc2Cl)n[nH]c1=S. The maximum atomic E-state index is 6.33. The molecule has 4 aromatic rings. The van der Waals surface area contributed by atoms with Crippen molar-refractivity contribution in [3.05, 3.63) is 75.0 Å². The fraction of sp³-hybridized carbons (Fsp3) is 0.0500. The van der Waals surface area contributed by atoms with Crippen LogP contribution in [0.3, 0.4) is 0 Å². The number of nitrogens with zero attached hydrogens (tertiary/aromatic N) is 3. The highest BCUT2D eigenvalue weighted by atomic mass is 35.5. The monoisotopic (exact) mass is 428 g/mol. The summed E-state index contributed by atoms with van der Waals surface area (Å²) < 4.78 is 7.38. The number of rotatable bonds is 4. The number of hydrogen-bond acceptors (Lipinski definition) is 4. The lowest BCUT2D eigenvalue weighted by molar-refractivity contribution is 0.415. The molecule has 0 atom stereocenters. The van der Waals surface area contributed by atoms with E-state index in [2.05, 4.69) is 15.3 Å². The zero-order valence-electron chi connectivity index (χ0n) is 14.7. The lowest BCUT2D eigenvalue weighted by atomic mass is 10.0. The summed E-state index contributed by atoms with van der Waals surface area (Å²) in [6.07, 6.45) is 1.71. The summed E-state index contributed by atoms with van der Waals surface area (Å²) in [4.78, 5) is 0. The lowest BCUT2D eigenvalue weighted by Gasteiger charge is -2.09. The Morgan fingerprint density at radius 2 is 1.96 bits per heavy atom. The highest BCUT2D eigenvalue weighted by Gasteiger charge is 2.13. The summed E-state index contributed by atoms with van der Waals surface area (Å²) >= 11 is 17.7. The first-order chi connectivity index (χ1) is 13.6. The standard InChI is InChI=1S/C20H14Cl2N4OS/c1-27-18-9-6-12-4-2-3-5-14(12)16(18)11-23-26-19(24-25-20(26)28)15-8-7-13(21)10-17(15)22/h2-11H,1H3,(H,25,28)/b23-11+. The third-order valence-electron chi connectivity index (χ3n) is 4.28. The number of hydrogen-bond donors (Lipinski definition) is 1. The normalized spacial score (nSPS) is 11.4. The van der Waals surface area contributed by atoms with Crippen LogP contribution in [0.5, 0.6) is 5.75 Å². The summed E-state index contributed by atoms with van der Waals surface area (Å²) in [5, 5.41) is 14.7. The second-order valence-corrected chi connectivity index (χ2v) is 7.17. The zero-order chi connectivity index (χ0) is 19.7. The molecule has 1 heterocycles. The maximum absolute atomic E-state index is 6.33. The van der Waals surface area contributed by atoms with Gasteiger partial charge in [-0.25, -0.2) is 5.10 Å². The van der Waals surface area contributed by atoms with E-state index in [0.29, 0.717) is 32.0 Å². The quantitative estimate of drug-likeness (QED) is 0.322. The van der Waals surface area contributed by atoms with Crippen molar-refractivity contribution in [3.63, 3.8) is 0 Å². The van der Waals surface area contributed by atoms with E-state index >= 15 is 0 Å². The van der Waals surface area contributed by atoms with Crippen LogP contribution in [-0.4, -0.2) is 28.2 Å². The lowest BCUT2D eigenvalue weighted by Crippen LogP contribution is -1.98. The minimum absolute atomic E-state index is 0.344. The Labute approximate surface area is 176 Å². The first-order valence-corrected chi connectivity index (χ1v) is 9.48. The molecule has 0 saturated heterocycles. The minimum Gasteiger partial charge on any atom is -0.496 e. The fourth-order valence-corrected chi connectivity index (χ4v) is 3.62. The molecule has 0 unspecified atom stereocenters. The molecular weight excluding hydrogens is 415 g/mol. The van der Waals surface area contributed by atoms with Crippen molar-refractivity contribution in [2.45, 2.75) is 0 Å². The van der Waals surface area contributed by atoms with Crippen molar-refractivity contribution < 1.29 is 4.74 Å². The van der Waals surface area contributed by atoms with Crippen molar-refractivity contribution in [2.24, 2.45) is 5.10 Å². The topological polar surface area (TPSA) is 55.2 Å². The molecule has 1 N–H and O–H groups in total. The number of fused-ring (bicyclic) bond motifs is 1. The van der Waals surface area contributed by atoms with E-state index in [4.69, 9.17) is 40.2 Å². The molecule has 4 rings (SSSR count). The molecule has 5 nitrogen and oxygen atoms in total. The molecule has 8 heteroatoms. The van der Waals surface area contributed by atoms with Gasteiger partial charge < -0.3 is 4.74 Å². The van der Waals surface area contributed by atoms with Crippen molar-refractivity contribution >= 4 is 52.4 Å².